The summed E-state index contributed by atoms with van der Waals surface area (Å²) in [5.41, 5.74) is 2.25. The van der Waals surface area contributed by atoms with Crippen molar-refractivity contribution in [2.45, 2.75) is 13.3 Å². The summed E-state index contributed by atoms with van der Waals surface area (Å²) in [6.07, 6.45) is 4.23. The first kappa shape index (κ1) is 16.8. The highest BCUT2D eigenvalue weighted by atomic mass is 16.5. The second kappa shape index (κ2) is 6.80. The van der Waals surface area contributed by atoms with E-state index in [9.17, 15) is 9.90 Å². The second-order valence-corrected chi connectivity index (χ2v) is 5.61. The molecule has 0 aliphatic heterocycles. The average Bonchev–Trinajstić information content (AvgIpc) is 2.99. The van der Waals surface area contributed by atoms with Gasteiger partial charge >= 0.3 is 5.97 Å². The van der Waals surface area contributed by atoms with Gasteiger partial charge < -0.3 is 14.6 Å². The van der Waals surface area contributed by atoms with Crippen molar-refractivity contribution in [2.24, 2.45) is 7.05 Å². The van der Waals surface area contributed by atoms with Crippen LogP contribution in [0.2, 0.25) is 0 Å². The molecule has 2 aromatic heterocycles. The third kappa shape index (κ3) is 3.13. The molecule has 3 rings (SSSR count). The van der Waals surface area contributed by atoms with Gasteiger partial charge in [0, 0.05) is 29.8 Å². The maximum Gasteiger partial charge on any atom is 0.335 e. The van der Waals surface area contributed by atoms with E-state index in [2.05, 4.69) is 10.1 Å². The lowest BCUT2D eigenvalue weighted by Crippen LogP contribution is -2.04. The Kier molecular flexibility index (Phi) is 4.56. The molecule has 0 bridgehead atoms. The third-order valence-electron chi connectivity index (χ3n) is 3.85. The number of aromatic nitrogens is 3. The van der Waals surface area contributed by atoms with Crippen molar-refractivity contribution < 1.29 is 19.4 Å². The van der Waals surface area contributed by atoms with Crippen LogP contribution in [0.15, 0.2) is 30.6 Å². The number of nitrogens with zero attached hydrogens (tertiary/aromatic N) is 3. The molecule has 0 aliphatic carbocycles. The molecule has 1 aromatic carbocycles. The molecule has 2 heterocycles. The summed E-state index contributed by atoms with van der Waals surface area (Å²) in [7, 11) is 3.31. The van der Waals surface area contributed by atoms with Crippen molar-refractivity contribution in [1.82, 2.24) is 14.8 Å². The molecule has 0 radical (unpaired) electrons. The Hall–Kier alpha value is -3.09. The average molecular weight is 341 g/mol. The largest absolute Gasteiger partial charge is 0.493 e. The number of aromatic carboxylic acids is 1. The van der Waals surface area contributed by atoms with Gasteiger partial charge in [0.15, 0.2) is 17.1 Å². The number of pyridine rings is 1. The van der Waals surface area contributed by atoms with Gasteiger partial charge in [0.1, 0.15) is 0 Å². The summed E-state index contributed by atoms with van der Waals surface area (Å²) in [6, 6.07) is 4.95. The van der Waals surface area contributed by atoms with E-state index in [0.29, 0.717) is 23.7 Å². The molecule has 7 heteroatoms. The van der Waals surface area contributed by atoms with Gasteiger partial charge in [-0.2, -0.15) is 5.10 Å². The number of methoxy groups -OCH3 is 1. The van der Waals surface area contributed by atoms with E-state index >= 15 is 0 Å². The minimum Gasteiger partial charge on any atom is -0.493 e. The molecule has 0 unspecified atom stereocenters. The standard InChI is InChI=1S/C18H19N3O4/c1-4-5-25-16-14(7-11(18(22)23)8-15(16)24-3)12-6-13-10-20-21(2)17(13)19-9-12/h6-10H,4-5H2,1-3H3,(H,22,23). The van der Waals surface area contributed by atoms with Crippen LogP contribution in [0.25, 0.3) is 22.2 Å². The summed E-state index contributed by atoms with van der Waals surface area (Å²) in [6.45, 7) is 2.50. The van der Waals surface area contributed by atoms with Gasteiger partial charge in [0.25, 0.3) is 0 Å². The minimum atomic E-state index is -1.03. The number of carbonyl (C=O) groups is 1. The lowest BCUT2D eigenvalue weighted by molar-refractivity contribution is 0.0696. The zero-order valence-electron chi connectivity index (χ0n) is 14.3. The molecule has 0 atom stereocenters. The number of ether oxygens (including phenoxy) is 2. The summed E-state index contributed by atoms with van der Waals surface area (Å²) in [5, 5.41) is 14.4. The van der Waals surface area contributed by atoms with E-state index in [1.807, 2.05) is 20.0 Å². The Labute approximate surface area is 144 Å². The Morgan fingerprint density at radius 2 is 2.08 bits per heavy atom. The predicted molar refractivity (Wildman–Crippen MR) is 93.2 cm³/mol. The third-order valence-corrected chi connectivity index (χ3v) is 3.85. The molecule has 0 saturated heterocycles. The molecule has 0 amide bonds. The molecular weight excluding hydrogens is 322 g/mol. The van der Waals surface area contributed by atoms with Crippen molar-refractivity contribution in [2.75, 3.05) is 13.7 Å². The van der Waals surface area contributed by atoms with Crippen LogP contribution in [-0.4, -0.2) is 39.6 Å². The Balaban J connectivity index is 2.22. The maximum atomic E-state index is 11.5. The Morgan fingerprint density at radius 3 is 2.76 bits per heavy atom. The highest BCUT2D eigenvalue weighted by Crippen LogP contribution is 2.40. The van der Waals surface area contributed by atoms with E-state index in [1.54, 1.807) is 23.1 Å². The lowest BCUT2D eigenvalue weighted by Gasteiger charge is -2.16. The number of rotatable bonds is 6. The number of carboxylic acid groups (broad SMARTS) is 1. The van der Waals surface area contributed by atoms with Crippen LogP contribution in [-0.2, 0) is 7.05 Å². The number of fused-ring (bicyclic) bond motifs is 1. The number of carboxylic acids is 1. The van der Waals surface area contributed by atoms with Gasteiger partial charge in [-0.25, -0.2) is 9.78 Å². The van der Waals surface area contributed by atoms with E-state index in [4.69, 9.17) is 9.47 Å². The summed E-state index contributed by atoms with van der Waals surface area (Å²) < 4.78 is 12.9. The summed E-state index contributed by atoms with van der Waals surface area (Å²) in [4.78, 5) is 15.9. The van der Waals surface area contributed by atoms with Crippen LogP contribution in [0.5, 0.6) is 11.5 Å². The number of aryl methyl sites for hydroxylation is 1. The summed E-state index contributed by atoms with van der Waals surface area (Å²) >= 11 is 0. The van der Waals surface area contributed by atoms with Crippen molar-refractivity contribution >= 4 is 17.0 Å². The van der Waals surface area contributed by atoms with E-state index in [0.717, 1.165) is 23.0 Å². The normalized spacial score (nSPS) is 10.8. The van der Waals surface area contributed by atoms with Crippen LogP contribution < -0.4 is 9.47 Å². The van der Waals surface area contributed by atoms with Gasteiger partial charge in [-0.15, -0.1) is 0 Å². The monoisotopic (exact) mass is 341 g/mol. The smallest absolute Gasteiger partial charge is 0.335 e. The van der Waals surface area contributed by atoms with Gasteiger partial charge in [0.2, 0.25) is 0 Å². The highest BCUT2D eigenvalue weighted by Gasteiger charge is 2.18. The fraction of sp³-hybridized carbons (Fsp3) is 0.278. The quantitative estimate of drug-likeness (QED) is 0.741. The molecule has 1 N–H and O–H groups in total. The zero-order chi connectivity index (χ0) is 18.0. The molecule has 7 nitrogen and oxygen atoms in total. The molecule has 0 spiro atoms. The molecule has 25 heavy (non-hydrogen) atoms. The number of hydrogen-bond acceptors (Lipinski definition) is 5. The van der Waals surface area contributed by atoms with Gasteiger partial charge in [-0.3, -0.25) is 4.68 Å². The lowest BCUT2D eigenvalue weighted by atomic mass is 10.0. The van der Waals surface area contributed by atoms with Gasteiger partial charge in [0.05, 0.1) is 25.5 Å². The Bertz CT molecular complexity index is 933. The molecular formula is C18H19N3O4. The fourth-order valence-electron chi connectivity index (χ4n) is 2.64. The molecule has 0 fully saturated rings. The molecule has 0 saturated carbocycles. The van der Waals surface area contributed by atoms with Crippen molar-refractivity contribution in [3.05, 3.63) is 36.2 Å². The van der Waals surface area contributed by atoms with Crippen LogP contribution in [0.4, 0.5) is 0 Å². The second-order valence-electron chi connectivity index (χ2n) is 5.61. The predicted octanol–water partition coefficient (Wildman–Crippen LogP) is 3.13. The fourth-order valence-corrected chi connectivity index (χ4v) is 2.64. The van der Waals surface area contributed by atoms with Crippen LogP contribution in [0.1, 0.15) is 23.7 Å². The van der Waals surface area contributed by atoms with E-state index < -0.39 is 5.97 Å². The molecule has 0 aliphatic rings. The molecule has 130 valence electrons. The topological polar surface area (TPSA) is 86.5 Å². The minimum absolute atomic E-state index is 0.127. The van der Waals surface area contributed by atoms with Crippen LogP contribution in [0.3, 0.4) is 0 Å². The SMILES string of the molecule is CCCOc1c(OC)cc(C(=O)O)cc1-c1cnc2c(cnn2C)c1. The van der Waals surface area contributed by atoms with Crippen LogP contribution >= 0.6 is 0 Å². The van der Waals surface area contributed by atoms with Crippen molar-refractivity contribution in [3.8, 4) is 22.6 Å². The van der Waals surface area contributed by atoms with E-state index in [-0.39, 0.29) is 5.56 Å². The highest BCUT2D eigenvalue weighted by molar-refractivity contribution is 5.93. The van der Waals surface area contributed by atoms with Crippen molar-refractivity contribution in [3.63, 3.8) is 0 Å². The van der Waals surface area contributed by atoms with Gasteiger partial charge in [-0.05, 0) is 24.6 Å². The molecule has 3 aromatic rings. The van der Waals surface area contributed by atoms with E-state index in [1.165, 1.54) is 13.2 Å². The first-order valence-electron chi connectivity index (χ1n) is 7.91. The Morgan fingerprint density at radius 1 is 1.28 bits per heavy atom. The summed E-state index contributed by atoms with van der Waals surface area (Å²) in [5.74, 6) is -0.133. The van der Waals surface area contributed by atoms with Crippen LogP contribution in [0, 0.1) is 0 Å². The maximum absolute atomic E-state index is 11.5. The first-order chi connectivity index (χ1) is 12.0. The van der Waals surface area contributed by atoms with Crippen molar-refractivity contribution in [1.29, 1.82) is 0 Å². The van der Waals surface area contributed by atoms with Gasteiger partial charge in [-0.1, -0.05) is 6.92 Å². The first-order valence-corrected chi connectivity index (χ1v) is 7.91. The number of benzene rings is 1. The zero-order valence-corrected chi connectivity index (χ0v) is 14.3. The number of hydrogen-bond donors (Lipinski definition) is 1.